The number of amides is 1. The van der Waals surface area contributed by atoms with Crippen molar-refractivity contribution in [3.63, 3.8) is 0 Å². The third kappa shape index (κ3) is 2.72. The maximum Gasteiger partial charge on any atom is 0.244 e. The maximum atomic E-state index is 12.4. The number of anilines is 1. The molecule has 0 spiro atoms. The van der Waals surface area contributed by atoms with Gasteiger partial charge in [-0.05, 0) is 49.1 Å². The molecular formula is C18H17ClN2O. The number of carbonyl (C=O) groups is 1. The lowest BCUT2D eigenvalue weighted by atomic mass is 10.2. The molecule has 112 valence electrons. The van der Waals surface area contributed by atoms with E-state index in [1.807, 2.05) is 54.8 Å². The second kappa shape index (κ2) is 5.85. The number of para-hydroxylation sites is 1. The molecule has 1 N–H and O–H groups in total. The van der Waals surface area contributed by atoms with Crippen LogP contribution in [0.1, 0.15) is 11.3 Å². The lowest BCUT2D eigenvalue weighted by Gasteiger charge is -2.12. The molecule has 2 aromatic carbocycles. The molecule has 3 rings (SSSR count). The van der Waals surface area contributed by atoms with Crippen LogP contribution in [0.25, 0.3) is 10.9 Å². The number of rotatable bonds is 3. The lowest BCUT2D eigenvalue weighted by molar-refractivity contribution is -0.116. The molecule has 0 aliphatic carbocycles. The second-order valence-corrected chi connectivity index (χ2v) is 5.80. The molecule has 0 fully saturated rings. The van der Waals surface area contributed by atoms with Crippen molar-refractivity contribution in [2.75, 3.05) is 5.32 Å². The molecule has 22 heavy (non-hydrogen) atoms. The van der Waals surface area contributed by atoms with Crippen molar-refractivity contribution in [3.8, 4) is 0 Å². The quantitative estimate of drug-likeness (QED) is 0.756. The number of aryl methyl sites for hydroxylation is 1. The van der Waals surface area contributed by atoms with E-state index < -0.39 is 0 Å². The number of aromatic nitrogens is 1. The van der Waals surface area contributed by atoms with Crippen molar-refractivity contribution in [2.24, 2.45) is 0 Å². The average Bonchev–Trinajstić information content (AvgIpc) is 2.80. The van der Waals surface area contributed by atoms with Crippen LogP contribution in [0.2, 0.25) is 5.02 Å². The van der Waals surface area contributed by atoms with Gasteiger partial charge in [0.15, 0.2) is 0 Å². The molecule has 0 saturated heterocycles. The summed E-state index contributed by atoms with van der Waals surface area (Å²) in [6.45, 7) is 4.19. The van der Waals surface area contributed by atoms with Gasteiger partial charge in [-0.1, -0.05) is 35.9 Å². The topological polar surface area (TPSA) is 34.0 Å². The zero-order valence-electron chi connectivity index (χ0n) is 12.6. The Morgan fingerprint density at radius 1 is 1.14 bits per heavy atom. The monoisotopic (exact) mass is 312 g/mol. The van der Waals surface area contributed by atoms with Crippen LogP contribution in [0.15, 0.2) is 48.5 Å². The van der Waals surface area contributed by atoms with Gasteiger partial charge >= 0.3 is 0 Å². The third-order valence-electron chi connectivity index (χ3n) is 3.86. The van der Waals surface area contributed by atoms with Crippen LogP contribution in [0.4, 0.5) is 5.69 Å². The first-order valence-electron chi connectivity index (χ1n) is 7.16. The Hall–Kier alpha value is -2.26. The van der Waals surface area contributed by atoms with Crippen molar-refractivity contribution >= 4 is 34.1 Å². The van der Waals surface area contributed by atoms with Crippen LogP contribution < -0.4 is 5.32 Å². The molecule has 1 amide bonds. The highest BCUT2D eigenvalue weighted by Gasteiger charge is 2.11. The molecule has 4 heteroatoms. The molecular weight excluding hydrogens is 296 g/mol. The van der Waals surface area contributed by atoms with Crippen LogP contribution >= 0.6 is 11.6 Å². The van der Waals surface area contributed by atoms with Gasteiger partial charge in [0.25, 0.3) is 0 Å². The van der Waals surface area contributed by atoms with E-state index in [2.05, 4.69) is 17.4 Å². The highest BCUT2D eigenvalue weighted by molar-refractivity contribution is 6.31. The van der Waals surface area contributed by atoms with Crippen molar-refractivity contribution in [3.05, 3.63) is 64.8 Å². The normalized spacial score (nSPS) is 10.9. The van der Waals surface area contributed by atoms with E-state index >= 15 is 0 Å². The molecule has 0 radical (unpaired) electrons. The summed E-state index contributed by atoms with van der Waals surface area (Å²) in [6.07, 6.45) is 0. The largest absolute Gasteiger partial charge is 0.335 e. The molecule has 0 bridgehead atoms. The van der Waals surface area contributed by atoms with Crippen molar-refractivity contribution in [1.29, 1.82) is 0 Å². The smallest absolute Gasteiger partial charge is 0.244 e. The van der Waals surface area contributed by atoms with Gasteiger partial charge in [0.2, 0.25) is 5.91 Å². The van der Waals surface area contributed by atoms with E-state index in [-0.39, 0.29) is 12.5 Å². The van der Waals surface area contributed by atoms with E-state index in [1.165, 1.54) is 0 Å². The summed E-state index contributed by atoms with van der Waals surface area (Å²) in [5, 5.41) is 4.74. The summed E-state index contributed by atoms with van der Waals surface area (Å²) < 4.78 is 2.02. The molecule has 0 aliphatic rings. The van der Waals surface area contributed by atoms with Gasteiger partial charge in [0.1, 0.15) is 6.54 Å². The first kappa shape index (κ1) is 14.7. The minimum absolute atomic E-state index is 0.0604. The summed E-state index contributed by atoms with van der Waals surface area (Å²) in [5.41, 5.74) is 3.77. The van der Waals surface area contributed by atoms with Crippen LogP contribution in [-0.2, 0) is 11.3 Å². The van der Waals surface area contributed by atoms with Crippen LogP contribution in [0.3, 0.4) is 0 Å². The molecule has 3 aromatic rings. The van der Waals surface area contributed by atoms with E-state index in [9.17, 15) is 4.79 Å². The summed E-state index contributed by atoms with van der Waals surface area (Å²) in [7, 11) is 0. The number of halogens is 1. The standard InChI is InChI=1S/C18H17ClN2O/c1-12-10-14-6-3-4-9-17(14)21(12)11-18(22)20-16-8-5-7-15(19)13(16)2/h3-10H,11H2,1-2H3,(H,20,22). The number of nitrogens with zero attached hydrogens (tertiary/aromatic N) is 1. The fourth-order valence-corrected chi connectivity index (χ4v) is 2.81. The summed E-state index contributed by atoms with van der Waals surface area (Å²) in [6, 6.07) is 15.7. The number of hydrogen-bond acceptors (Lipinski definition) is 1. The fraction of sp³-hybridized carbons (Fsp3) is 0.167. The number of benzene rings is 2. The van der Waals surface area contributed by atoms with Gasteiger partial charge in [0, 0.05) is 21.9 Å². The molecule has 1 aromatic heterocycles. The molecule has 3 nitrogen and oxygen atoms in total. The molecule has 1 heterocycles. The number of hydrogen-bond donors (Lipinski definition) is 1. The van der Waals surface area contributed by atoms with E-state index in [0.717, 1.165) is 27.8 Å². The van der Waals surface area contributed by atoms with Gasteiger partial charge in [-0.3, -0.25) is 4.79 Å². The number of fused-ring (bicyclic) bond motifs is 1. The Bertz CT molecular complexity index is 851. The molecule has 0 unspecified atom stereocenters. The zero-order valence-corrected chi connectivity index (χ0v) is 13.3. The van der Waals surface area contributed by atoms with Crippen molar-refractivity contribution < 1.29 is 4.79 Å². The summed E-state index contributed by atoms with van der Waals surface area (Å²) in [5.74, 6) is -0.0604. The van der Waals surface area contributed by atoms with Crippen molar-refractivity contribution in [2.45, 2.75) is 20.4 Å². The predicted octanol–water partition coefficient (Wildman–Crippen LogP) is 4.55. The van der Waals surface area contributed by atoms with E-state index in [1.54, 1.807) is 0 Å². The van der Waals surface area contributed by atoms with Crippen LogP contribution in [-0.4, -0.2) is 10.5 Å². The van der Waals surface area contributed by atoms with E-state index in [0.29, 0.717) is 5.02 Å². The first-order valence-corrected chi connectivity index (χ1v) is 7.54. The molecule has 0 aliphatic heterocycles. The highest BCUT2D eigenvalue weighted by Crippen LogP contribution is 2.23. The van der Waals surface area contributed by atoms with Crippen LogP contribution in [0, 0.1) is 13.8 Å². The molecule has 0 atom stereocenters. The summed E-state index contributed by atoms with van der Waals surface area (Å²) >= 11 is 6.09. The fourth-order valence-electron chi connectivity index (χ4n) is 2.63. The first-order chi connectivity index (χ1) is 10.6. The highest BCUT2D eigenvalue weighted by atomic mass is 35.5. The van der Waals surface area contributed by atoms with Gasteiger partial charge in [-0.15, -0.1) is 0 Å². The Kier molecular flexibility index (Phi) is 3.90. The second-order valence-electron chi connectivity index (χ2n) is 5.39. The SMILES string of the molecule is Cc1c(Cl)cccc1NC(=O)Cn1c(C)cc2ccccc21. The van der Waals surface area contributed by atoms with Gasteiger partial charge in [-0.25, -0.2) is 0 Å². The minimum Gasteiger partial charge on any atom is -0.335 e. The number of nitrogens with one attached hydrogen (secondary N) is 1. The Balaban J connectivity index is 1.84. The number of carbonyl (C=O) groups excluding carboxylic acids is 1. The van der Waals surface area contributed by atoms with Gasteiger partial charge in [-0.2, -0.15) is 0 Å². The zero-order chi connectivity index (χ0) is 15.7. The van der Waals surface area contributed by atoms with Crippen molar-refractivity contribution in [1.82, 2.24) is 4.57 Å². The van der Waals surface area contributed by atoms with E-state index in [4.69, 9.17) is 11.6 Å². The average molecular weight is 313 g/mol. The predicted molar refractivity (Wildman–Crippen MR) is 91.5 cm³/mol. The Morgan fingerprint density at radius 3 is 2.73 bits per heavy atom. The Labute approximate surface area is 134 Å². The van der Waals surface area contributed by atoms with Gasteiger partial charge in [0.05, 0.1) is 0 Å². The van der Waals surface area contributed by atoms with Gasteiger partial charge < -0.3 is 9.88 Å². The maximum absolute atomic E-state index is 12.4. The Morgan fingerprint density at radius 2 is 1.91 bits per heavy atom. The minimum atomic E-state index is -0.0604. The summed E-state index contributed by atoms with van der Waals surface area (Å²) in [4.78, 5) is 12.4. The van der Waals surface area contributed by atoms with Crippen LogP contribution in [0.5, 0.6) is 0 Å². The lowest BCUT2D eigenvalue weighted by Crippen LogP contribution is -2.19. The third-order valence-corrected chi connectivity index (χ3v) is 4.27. The molecule has 0 saturated carbocycles.